The monoisotopic (exact) mass is 278 g/mol. The van der Waals surface area contributed by atoms with Crippen molar-refractivity contribution in [1.82, 2.24) is 10.2 Å². The molecule has 0 aromatic rings. The van der Waals surface area contributed by atoms with Crippen molar-refractivity contribution in [2.45, 2.75) is 38.8 Å². The molecule has 5 unspecified atom stereocenters. The van der Waals surface area contributed by atoms with Gasteiger partial charge in [-0.1, -0.05) is 12.2 Å². The van der Waals surface area contributed by atoms with Gasteiger partial charge in [0.05, 0.1) is 19.3 Å². The zero-order chi connectivity index (χ0) is 14.1. The van der Waals surface area contributed by atoms with Crippen LogP contribution in [0, 0.1) is 17.8 Å². The van der Waals surface area contributed by atoms with Gasteiger partial charge in [-0.25, -0.2) is 0 Å². The summed E-state index contributed by atoms with van der Waals surface area (Å²) in [6.45, 7) is 7.04. The fourth-order valence-electron chi connectivity index (χ4n) is 4.04. The van der Waals surface area contributed by atoms with E-state index in [1.807, 2.05) is 11.8 Å². The second kappa shape index (κ2) is 5.86. The standard InChI is InChI=1S/C16H26N2O2/c1-11(15-10-13-3-4-14(15)9-13)17-12(2)16(19)18-5-7-20-8-6-18/h3-4,11-15,17H,5-10H2,1-2H3. The highest BCUT2D eigenvalue weighted by Crippen LogP contribution is 2.44. The summed E-state index contributed by atoms with van der Waals surface area (Å²) in [7, 11) is 0. The summed E-state index contributed by atoms with van der Waals surface area (Å²) < 4.78 is 5.30. The van der Waals surface area contributed by atoms with Crippen LogP contribution in [0.1, 0.15) is 26.7 Å². The quantitative estimate of drug-likeness (QED) is 0.791. The summed E-state index contributed by atoms with van der Waals surface area (Å²) in [5.41, 5.74) is 0. The van der Waals surface area contributed by atoms with Crippen LogP contribution < -0.4 is 5.32 Å². The summed E-state index contributed by atoms with van der Waals surface area (Å²) in [5.74, 6) is 2.44. The van der Waals surface area contributed by atoms with Gasteiger partial charge in [0.2, 0.25) is 5.91 Å². The molecule has 1 N–H and O–H groups in total. The molecule has 2 bridgehead atoms. The maximum absolute atomic E-state index is 12.4. The number of carbonyl (C=O) groups is 1. The molecule has 1 aliphatic heterocycles. The number of allylic oxidation sites excluding steroid dienone is 2. The molecule has 3 aliphatic rings. The number of carbonyl (C=O) groups excluding carboxylic acids is 1. The highest BCUT2D eigenvalue weighted by molar-refractivity contribution is 5.81. The molecule has 0 aromatic heterocycles. The number of fused-ring (bicyclic) bond motifs is 2. The predicted octanol–water partition coefficient (Wildman–Crippen LogP) is 1.42. The van der Waals surface area contributed by atoms with Gasteiger partial charge >= 0.3 is 0 Å². The molecule has 2 aliphatic carbocycles. The Morgan fingerprint density at radius 2 is 2.00 bits per heavy atom. The molecule has 0 aromatic carbocycles. The molecular formula is C16H26N2O2. The maximum atomic E-state index is 12.4. The van der Waals surface area contributed by atoms with Gasteiger partial charge in [-0.15, -0.1) is 0 Å². The first-order valence-electron chi connectivity index (χ1n) is 7.96. The first-order valence-corrected chi connectivity index (χ1v) is 7.96. The number of rotatable bonds is 4. The van der Waals surface area contributed by atoms with Crippen LogP contribution in [0.25, 0.3) is 0 Å². The van der Waals surface area contributed by atoms with Crippen molar-refractivity contribution in [1.29, 1.82) is 0 Å². The number of amides is 1. The summed E-state index contributed by atoms with van der Waals surface area (Å²) in [4.78, 5) is 14.3. The Bertz CT molecular complexity index is 390. The van der Waals surface area contributed by atoms with E-state index in [0.29, 0.717) is 25.2 Å². The fraction of sp³-hybridized carbons (Fsp3) is 0.812. The smallest absolute Gasteiger partial charge is 0.239 e. The van der Waals surface area contributed by atoms with E-state index in [-0.39, 0.29) is 11.9 Å². The molecule has 1 amide bonds. The molecule has 4 heteroatoms. The fourth-order valence-corrected chi connectivity index (χ4v) is 4.04. The van der Waals surface area contributed by atoms with Gasteiger partial charge in [0, 0.05) is 19.1 Å². The van der Waals surface area contributed by atoms with Crippen LogP contribution in [0.5, 0.6) is 0 Å². The average Bonchev–Trinajstić information content (AvgIpc) is 3.10. The van der Waals surface area contributed by atoms with Crippen LogP contribution in [0.3, 0.4) is 0 Å². The van der Waals surface area contributed by atoms with Gasteiger partial charge in [-0.3, -0.25) is 4.79 Å². The van der Waals surface area contributed by atoms with Crippen LogP contribution in [0.2, 0.25) is 0 Å². The van der Waals surface area contributed by atoms with Crippen LogP contribution >= 0.6 is 0 Å². The lowest BCUT2D eigenvalue weighted by molar-refractivity contribution is -0.137. The number of morpholine rings is 1. The van der Waals surface area contributed by atoms with E-state index in [4.69, 9.17) is 4.74 Å². The van der Waals surface area contributed by atoms with E-state index in [9.17, 15) is 4.79 Å². The number of ether oxygens (including phenoxy) is 1. The number of nitrogens with zero attached hydrogens (tertiary/aromatic N) is 1. The van der Waals surface area contributed by atoms with Crippen molar-refractivity contribution < 1.29 is 9.53 Å². The Hall–Kier alpha value is -0.870. The van der Waals surface area contributed by atoms with Crippen molar-refractivity contribution in [2.24, 2.45) is 17.8 Å². The second-order valence-corrected chi connectivity index (χ2v) is 6.56. The highest BCUT2D eigenvalue weighted by atomic mass is 16.5. The van der Waals surface area contributed by atoms with Gasteiger partial charge in [-0.05, 0) is 44.4 Å². The van der Waals surface area contributed by atoms with Crippen LogP contribution in [-0.4, -0.2) is 49.2 Å². The lowest BCUT2D eigenvalue weighted by Gasteiger charge is -2.33. The molecule has 112 valence electrons. The molecule has 1 saturated heterocycles. The third-order valence-electron chi connectivity index (χ3n) is 5.18. The molecule has 0 radical (unpaired) electrons. The largest absolute Gasteiger partial charge is 0.378 e. The maximum Gasteiger partial charge on any atom is 0.239 e. The normalized spacial score (nSPS) is 35.3. The second-order valence-electron chi connectivity index (χ2n) is 6.56. The van der Waals surface area contributed by atoms with E-state index >= 15 is 0 Å². The first kappa shape index (κ1) is 14.1. The van der Waals surface area contributed by atoms with Crippen LogP contribution in [-0.2, 0) is 9.53 Å². The average molecular weight is 278 g/mol. The van der Waals surface area contributed by atoms with Gasteiger partial charge in [0.25, 0.3) is 0 Å². The Morgan fingerprint density at radius 3 is 2.60 bits per heavy atom. The number of nitrogens with one attached hydrogen (secondary N) is 1. The Labute approximate surface area is 121 Å². The van der Waals surface area contributed by atoms with Gasteiger partial charge in [0.15, 0.2) is 0 Å². The predicted molar refractivity (Wildman–Crippen MR) is 78.3 cm³/mol. The first-order chi connectivity index (χ1) is 9.65. The lowest BCUT2D eigenvalue weighted by atomic mass is 9.87. The van der Waals surface area contributed by atoms with E-state index < -0.39 is 0 Å². The molecule has 4 nitrogen and oxygen atoms in total. The molecule has 20 heavy (non-hydrogen) atoms. The van der Waals surface area contributed by atoms with Gasteiger partial charge < -0.3 is 15.0 Å². The zero-order valence-corrected chi connectivity index (χ0v) is 12.5. The van der Waals surface area contributed by atoms with Crippen molar-refractivity contribution in [3.05, 3.63) is 12.2 Å². The highest BCUT2D eigenvalue weighted by Gasteiger charge is 2.39. The number of hydrogen-bond donors (Lipinski definition) is 1. The van der Waals surface area contributed by atoms with E-state index in [1.54, 1.807) is 0 Å². The van der Waals surface area contributed by atoms with Crippen LogP contribution in [0.4, 0.5) is 0 Å². The Morgan fingerprint density at radius 1 is 1.25 bits per heavy atom. The van der Waals surface area contributed by atoms with Crippen molar-refractivity contribution >= 4 is 5.91 Å². The number of hydrogen-bond acceptors (Lipinski definition) is 3. The lowest BCUT2D eigenvalue weighted by Crippen LogP contribution is -2.52. The molecular weight excluding hydrogens is 252 g/mol. The molecule has 2 fully saturated rings. The van der Waals surface area contributed by atoms with Gasteiger partial charge in [-0.2, -0.15) is 0 Å². The third-order valence-corrected chi connectivity index (χ3v) is 5.18. The topological polar surface area (TPSA) is 41.6 Å². The summed E-state index contributed by atoms with van der Waals surface area (Å²) >= 11 is 0. The van der Waals surface area contributed by atoms with Crippen molar-refractivity contribution in [3.63, 3.8) is 0 Å². The summed E-state index contributed by atoms with van der Waals surface area (Å²) in [6.07, 6.45) is 7.36. The molecule has 5 atom stereocenters. The minimum Gasteiger partial charge on any atom is -0.378 e. The molecule has 3 rings (SSSR count). The van der Waals surface area contributed by atoms with E-state index in [1.165, 1.54) is 12.8 Å². The Kier molecular flexibility index (Phi) is 4.13. The van der Waals surface area contributed by atoms with Crippen molar-refractivity contribution in [3.8, 4) is 0 Å². The SMILES string of the molecule is CC(NC(C)C1CC2C=CC1C2)C(=O)N1CCOCC1. The van der Waals surface area contributed by atoms with E-state index in [0.717, 1.165) is 24.9 Å². The zero-order valence-electron chi connectivity index (χ0n) is 12.5. The Balaban J connectivity index is 1.51. The molecule has 1 saturated carbocycles. The minimum atomic E-state index is -0.0915. The molecule has 1 heterocycles. The van der Waals surface area contributed by atoms with Gasteiger partial charge in [0.1, 0.15) is 0 Å². The van der Waals surface area contributed by atoms with Crippen LogP contribution in [0.15, 0.2) is 12.2 Å². The van der Waals surface area contributed by atoms with Crippen molar-refractivity contribution in [2.75, 3.05) is 26.3 Å². The summed E-state index contributed by atoms with van der Waals surface area (Å²) in [6, 6.07) is 0.321. The third kappa shape index (κ3) is 2.77. The minimum absolute atomic E-state index is 0.0915. The molecule has 0 spiro atoms. The summed E-state index contributed by atoms with van der Waals surface area (Å²) in [5, 5.41) is 3.54. The van der Waals surface area contributed by atoms with E-state index in [2.05, 4.69) is 24.4 Å².